The first-order valence-corrected chi connectivity index (χ1v) is 6.14. The second-order valence-corrected chi connectivity index (χ2v) is 4.46. The Morgan fingerprint density at radius 3 is 1.65 bits per heavy atom. The molecule has 0 fully saturated rings. The van der Waals surface area contributed by atoms with Crippen molar-refractivity contribution >= 4 is 17.3 Å². The van der Waals surface area contributed by atoms with E-state index in [1.54, 1.807) is 0 Å². The van der Waals surface area contributed by atoms with Crippen molar-refractivity contribution in [1.82, 2.24) is 0 Å². The number of nitrogen functional groups attached to an aromatic ring is 1. The van der Waals surface area contributed by atoms with Gasteiger partial charge in [-0.25, -0.2) is 0 Å². The molecule has 0 aliphatic rings. The highest BCUT2D eigenvalue weighted by Gasteiger charge is 1.92. The summed E-state index contributed by atoms with van der Waals surface area (Å²) in [7, 11) is 0. The molecular formula is C17H24N2O. The molecule has 2 aromatic carbocycles. The molecule has 0 aromatic heterocycles. The molecule has 0 saturated carbocycles. The molecule has 2 rings (SSSR count). The number of nitrogens with one attached hydrogen (secondary N) is 1. The molecule has 2 aromatic rings. The van der Waals surface area contributed by atoms with Gasteiger partial charge in [-0.2, -0.15) is 0 Å². The topological polar surface area (TPSA) is 55.1 Å². The minimum Gasteiger partial charge on any atom is -0.399 e. The van der Waals surface area contributed by atoms with E-state index in [2.05, 4.69) is 5.32 Å². The first-order chi connectivity index (χ1) is 8.97. The maximum absolute atomic E-state index is 10.6. The van der Waals surface area contributed by atoms with Crippen molar-refractivity contribution in [3.63, 3.8) is 0 Å². The third-order valence-corrected chi connectivity index (χ3v) is 2.45. The third-order valence-electron chi connectivity index (χ3n) is 2.45. The van der Waals surface area contributed by atoms with Gasteiger partial charge >= 0.3 is 0 Å². The minimum atomic E-state index is -0.0335. The summed E-state index contributed by atoms with van der Waals surface area (Å²) in [6.45, 7) is 5.55. The molecule has 108 valence electrons. The summed E-state index contributed by atoms with van der Waals surface area (Å²) in [5, 5.41) is 2.69. The van der Waals surface area contributed by atoms with Gasteiger partial charge in [-0.15, -0.1) is 0 Å². The third kappa shape index (κ3) is 7.21. The van der Waals surface area contributed by atoms with Crippen molar-refractivity contribution in [2.24, 2.45) is 0 Å². The fraction of sp³-hybridized carbons (Fsp3) is 0.235. The van der Waals surface area contributed by atoms with Gasteiger partial charge in [0.2, 0.25) is 5.91 Å². The molecular weight excluding hydrogens is 248 g/mol. The second-order valence-electron chi connectivity index (χ2n) is 4.46. The number of carbonyl (C=O) groups is 1. The van der Waals surface area contributed by atoms with E-state index in [0.717, 1.165) is 11.4 Å². The Morgan fingerprint density at radius 1 is 0.900 bits per heavy atom. The summed E-state index contributed by atoms with van der Waals surface area (Å²) in [5.41, 5.74) is 9.55. The number of benzene rings is 2. The van der Waals surface area contributed by atoms with Crippen LogP contribution in [0.3, 0.4) is 0 Å². The van der Waals surface area contributed by atoms with Gasteiger partial charge in [0.05, 0.1) is 0 Å². The van der Waals surface area contributed by atoms with Gasteiger partial charge in [-0.1, -0.05) is 42.8 Å². The highest BCUT2D eigenvalue weighted by Crippen LogP contribution is 2.07. The zero-order valence-corrected chi connectivity index (χ0v) is 11.6. The summed E-state index contributed by atoms with van der Waals surface area (Å²) in [6, 6.07) is 15.5. The molecule has 3 N–H and O–H groups in total. The summed E-state index contributed by atoms with van der Waals surface area (Å²) >= 11 is 0. The zero-order valence-electron chi connectivity index (χ0n) is 11.6. The van der Waals surface area contributed by atoms with Crippen LogP contribution in [0.2, 0.25) is 0 Å². The molecule has 0 atom stereocenters. The highest BCUT2D eigenvalue weighted by molar-refractivity contribution is 5.88. The first-order valence-electron chi connectivity index (χ1n) is 6.14. The van der Waals surface area contributed by atoms with Crippen molar-refractivity contribution < 1.29 is 4.79 Å². The Labute approximate surface area is 121 Å². The lowest BCUT2D eigenvalue weighted by atomic mass is 10.2. The number of carbonyl (C=O) groups excluding carboxylic acids is 1. The average molecular weight is 272 g/mol. The number of hydrogen-bond acceptors (Lipinski definition) is 2. The van der Waals surface area contributed by atoms with Crippen molar-refractivity contribution in [2.45, 2.75) is 28.2 Å². The number of anilines is 2. The standard InChI is InChI=1S/C9H11NO.C7H9N.CH4/c1-7-3-5-9(6-4-7)10-8(2)11;1-6-2-4-7(8)5-3-6;/h3-6H,1-2H3,(H,10,11);2-5H,8H2,1H3;1H4. The van der Waals surface area contributed by atoms with E-state index in [9.17, 15) is 4.79 Å². The summed E-state index contributed by atoms with van der Waals surface area (Å²) in [6.07, 6.45) is 0. The molecule has 0 aliphatic heterocycles. The molecule has 0 unspecified atom stereocenters. The van der Waals surface area contributed by atoms with Gasteiger partial charge in [-0.3, -0.25) is 4.79 Å². The van der Waals surface area contributed by atoms with Crippen LogP contribution in [0, 0.1) is 13.8 Å². The SMILES string of the molecule is C.CC(=O)Nc1ccc(C)cc1.Cc1ccc(N)cc1. The van der Waals surface area contributed by atoms with Gasteiger partial charge < -0.3 is 11.1 Å². The first kappa shape index (κ1) is 17.7. The lowest BCUT2D eigenvalue weighted by molar-refractivity contribution is -0.114. The Kier molecular flexibility index (Phi) is 7.75. The normalized spacial score (nSPS) is 8.75. The number of hydrogen-bond donors (Lipinski definition) is 2. The molecule has 3 nitrogen and oxygen atoms in total. The van der Waals surface area contributed by atoms with Crippen molar-refractivity contribution in [2.75, 3.05) is 11.1 Å². The van der Waals surface area contributed by atoms with E-state index in [1.165, 1.54) is 18.1 Å². The van der Waals surface area contributed by atoms with E-state index in [0.29, 0.717) is 0 Å². The second kappa shape index (κ2) is 8.75. The van der Waals surface area contributed by atoms with Gasteiger partial charge in [0, 0.05) is 18.3 Å². The number of rotatable bonds is 1. The van der Waals surface area contributed by atoms with Crippen LogP contribution in [0.4, 0.5) is 11.4 Å². The van der Waals surface area contributed by atoms with Crippen LogP contribution in [0.5, 0.6) is 0 Å². The summed E-state index contributed by atoms with van der Waals surface area (Å²) < 4.78 is 0. The molecule has 0 heterocycles. The van der Waals surface area contributed by atoms with E-state index in [4.69, 9.17) is 5.73 Å². The van der Waals surface area contributed by atoms with Crippen molar-refractivity contribution in [3.05, 3.63) is 59.7 Å². The van der Waals surface area contributed by atoms with Crippen LogP contribution in [0.25, 0.3) is 0 Å². The molecule has 3 heteroatoms. The van der Waals surface area contributed by atoms with Gasteiger partial charge in [-0.05, 0) is 38.1 Å². The molecule has 0 spiro atoms. The maximum Gasteiger partial charge on any atom is 0.221 e. The Hall–Kier alpha value is -2.29. The molecule has 0 bridgehead atoms. The molecule has 20 heavy (non-hydrogen) atoms. The van der Waals surface area contributed by atoms with Crippen molar-refractivity contribution in [3.8, 4) is 0 Å². The van der Waals surface area contributed by atoms with Crippen LogP contribution < -0.4 is 11.1 Å². The Bertz CT molecular complexity index is 495. The van der Waals surface area contributed by atoms with Gasteiger partial charge in [0.25, 0.3) is 0 Å². The van der Waals surface area contributed by atoms with Crippen LogP contribution in [0.15, 0.2) is 48.5 Å². The average Bonchev–Trinajstić information content (AvgIpc) is 2.36. The van der Waals surface area contributed by atoms with Crippen LogP contribution in [-0.4, -0.2) is 5.91 Å². The van der Waals surface area contributed by atoms with Crippen LogP contribution in [0.1, 0.15) is 25.5 Å². The van der Waals surface area contributed by atoms with Crippen LogP contribution in [-0.2, 0) is 4.79 Å². The largest absolute Gasteiger partial charge is 0.399 e. The van der Waals surface area contributed by atoms with Crippen molar-refractivity contribution in [1.29, 1.82) is 0 Å². The quantitative estimate of drug-likeness (QED) is 0.766. The number of aryl methyl sites for hydroxylation is 2. The summed E-state index contributed by atoms with van der Waals surface area (Å²) in [5.74, 6) is -0.0335. The van der Waals surface area contributed by atoms with E-state index in [-0.39, 0.29) is 13.3 Å². The van der Waals surface area contributed by atoms with Gasteiger partial charge in [0.1, 0.15) is 0 Å². The fourth-order valence-corrected chi connectivity index (χ4v) is 1.41. The molecule has 1 amide bonds. The Morgan fingerprint density at radius 2 is 1.30 bits per heavy atom. The monoisotopic (exact) mass is 272 g/mol. The lowest BCUT2D eigenvalue weighted by Crippen LogP contribution is -2.05. The van der Waals surface area contributed by atoms with Gasteiger partial charge in [0.15, 0.2) is 0 Å². The van der Waals surface area contributed by atoms with E-state index >= 15 is 0 Å². The zero-order chi connectivity index (χ0) is 14.3. The maximum atomic E-state index is 10.6. The van der Waals surface area contributed by atoms with E-state index < -0.39 is 0 Å². The Balaban J connectivity index is 0.000000359. The predicted octanol–water partition coefficient (Wildman–Crippen LogP) is 4.17. The highest BCUT2D eigenvalue weighted by atomic mass is 16.1. The smallest absolute Gasteiger partial charge is 0.221 e. The van der Waals surface area contributed by atoms with E-state index in [1.807, 2.05) is 62.4 Å². The fourth-order valence-electron chi connectivity index (χ4n) is 1.41. The van der Waals surface area contributed by atoms with Crippen LogP contribution >= 0.6 is 0 Å². The lowest BCUT2D eigenvalue weighted by Gasteiger charge is -2.00. The molecule has 0 saturated heterocycles. The predicted molar refractivity (Wildman–Crippen MR) is 87.8 cm³/mol. The number of nitrogens with two attached hydrogens (primary N) is 1. The minimum absolute atomic E-state index is 0. The molecule has 0 radical (unpaired) electrons. The summed E-state index contributed by atoms with van der Waals surface area (Å²) in [4.78, 5) is 10.6. The number of amides is 1. The molecule has 0 aliphatic carbocycles.